The summed E-state index contributed by atoms with van der Waals surface area (Å²) < 4.78 is 143. The number of rotatable bonds is 22. The number of ether oxygens (including phenoxy) is 4. The Morgan fingerprint density at radius 1 is 0.567 bits per heavy atom. The zero-order valence-electron chi connectivity index (χ0n) is 57.3. The molecular formula is C64H92F6N10O15S2. The third kappa shape index (κ3) is 27.2. The van der Waals surface area contributed by atoms with Gasteiger partial charge >= 0.3 is 42.1 Å². The second-order valence-corrected chi connectivity index (χ2v) is 29.0. The van der Waals surface area contributed by atoms with Gasteiger partial charge in [-0.2, -0.15) is 35.0 Å². The minimum absolute atomic E-state index is 0.0172. The van der Waals surface area contributed by atoms with Crippen molar-refractivity contribution in [1.82, 2.24) is 33.7 Å². The predicted molar refractivity (Wildman–Crippen MR) is 350 cm³/mol. The number of likely N-dealkylation sites (N-methyl/N-ethyl adjacent to an activating group) is 2. The molecule has 2 aromatic heterocycles. The minimum atomic E-state index is -5.77. The molecular weight excluding hydrogens is 1330 g/mol. The third-order valence-electron chi connectivity index (χ3n) is 14.9. The Kier molecular flexibility index (Phi) is 31.5. The number of aryl methyl sites for hydroxylation is 4. The summed E-state index contributed by atoms with van der Waals surface area (Å²) in [6, 6.07) is 14.7. The van der Waals surface area contributed by atoms with Crippen molar-refractivity contribution >= 4 is 67.1 Å². The number of aromatic nitrogens is 2. The molecule has 33 heteroatoms. The number of pyridine rings is 2. The van der Waals surface area contributed by atoms with Gasteiger partial charge < -0.3 is 44.9 Å². The first kappa shape index (κ1) is 83.3. The molecule has 2 aliphatic rings. The number of benzene rings is 2. The minimum Gasteiger partial charge on any atom is -0.497 e. The van der Waals surface area contributed by atoms with Crippen LogP contribution in [-0.4, -0.2) is 216 Å². The second kappa shape index (κ2) is 36.6. The highest BCUT2D eigenvalue weighted by Gasteiger charge is 2.54. The maximum absolute atomic E-state index is 13.5. The van der Waals surface area contributed by atoms with Crippen molar-refractivity contribution in [1.29, 1.82) is 0 Å². The van der Waals surface area contributed by atoms with E-state index in [9.17, 15) is 71.9 Å². The molecule has 0 radical (unpaired) electrons. The number of alkyl halides is 6. The summed E-state index contributed by atoms with van der Waals surface area (Å²) in [6.07, 6.45) is -1.45. The molecule has 4 N–H and O–H groups in total. The molecule has 0 unspecified atom stereocenters. The molecule has 0 atom stereocenters. The highest BCUT2D eigenvalue weighted by atomic mass is 32.2. The molecule has 2 saturated heterocycles. The lowest BCUT2D eigenvalue weighted by Crippen LogP contribution is -2.47. The van der Waals surface area contributed by atoms with E-state index in [0.717, 1.165) is 66.4 Å². The molecule has 97 heavy (non-hydrogen) atoms. The van der Waals surface area contributed by atoms with Crippen LogP contribution in [0.15, 0.2) is 83.1 Å². The average Bonchev–Trinajstić information content (AvgIpc) is 0.796. The van der Waals surface area contributed by atoms with Gasteiger partial charge in [-0.05, 0) is 184 Å². The van der Waals surface area contributed by atoms with E-state index in [4.69, 9.17) is 29.8 Å². The number of halogens is 6. The van der Waals surface area contributed by atoms with Crippen LogP contribution >= 0.6 is 0 Å². The lowest BCUT2D eigenvalue weighted by atomic mass is 9.96. The average molecular weight is 1420 g/mol. The fourth-order valence-electron chi connectivity index (χ4n) is 9.91. The number of carboxylic acids is 1. The van der Waals surface area contributed by atoms with Gasteiger partial charge in [0.05, 0.1) is 24.0 Å². The number of methoxy groups -OCH3 is 2. The number of Topliss-reactive ketones (excluding diaryl/α,β-unsaturated/α-hetero) is 2. The van der Waals surface area contributed by atoms with Gasteiger partial charge in [0, 0.05) is 109 Å². The summed E-state index contributed by atoms with van der Waals surface area (Å²) in [7, 11) is -1.85. The number of anilines is 2. The van der Waals surface area contributed by atoms with Crippen molar-refractivity contribution in [3.05, 3.63) is 95.6 Å². The Morgan fingerprint density at radius 3 is 1.18 bits per heavy atom. The van der Waals surface area contributed by atoms with E-state index >= 15 is 0 Å². The summed E-state index contributed by atoms with van der Waals surface area (Å²) >= 11 is 0. The number of ketones is 2. The predicted octanol–water partition coefficient (Wildman–Crippen LogP) is 8.36. The number of hydrogen-bond acceptors (Lipinski definition) is 19. The number of amides is 3. The van der Waals surface area contributed by atoms with Crippen molar-refractivity contribution < 1.29 is 96.0 Å². The number of piperidine rings is 2. The topological polar surface area (TPSA) is 311 Å². The Morgan fingerprint density at radius 2 is 0.887 bits per heavy atom. The van der Waals surface area contributed by atoms with E-state index in [2.05, 4.69) is 37.2 Å². The first-order valence-corrected chi connectivity index (χ1v) is 33.6. The zero-order chi connectivity index (χ0) is 73.6. The van der Waals surface area contributed by atoms with Crippen molar-refractivity contribution in [2.45, 2.75) is 128 Å². The molecule has 0 aliphatic carbocycles. The van der Waals surface area contributed by atoms with Crippen LogP contribution in [-0.2, 0) is 48.7 Å². The van der Waals surface area contributed by atoms with Gasteiger partial charge in [-0.1, -0.05) is 0 Å². The van der Waals surface area contributed by atoms with Crippen LogP contribution in [0.1, 0.15) is 89.5 Å². The lowest BCUT2D eigenvalue weighted by molar-refractivity contribution is -0.193. The number of sulfonamides is 2. The smallest absolute Gasteiger partial charge is 0.458 e. The normalized spacial score (nSPS) is 14.1. The third-order valence-corrected chi connectivity index (χ3v) is 19.3. The number of carboxylic acid groups (broad SMARTS) is 1. The van der Waals surface area contributed by atoms with Crippen molar-refractivity contribution in [2.75, 3.05) is 117 Å². The number of aliphatic carboxylic acids is 1. The second-order valence-electron chi connectivity index (χ2n) is 25.0. The first-order chi connectivity index (χ1) is 44.9. The number of nitrogens with zero attached hydrogens (tertiary/aromatic N) is 8. The van der Waals surface area contributed by atoms with Gasteiger partial charge in [0.2, 0.25) is 26.0 Å². The molecule has 0 spiro atoms. The quantitative estimate of drug-likeness (QED) is 0.0491. The van der Waals surface area contributed by atoms with E-state index in [1.807, 2.05) is 24.5 Å². The summed E-state index contributed by atoms with van der Waals surface area (Å²) in [4.78, 5) is 83.9. The molecule has 2 fully saturated rings. The summed E-state index contributed by atoms with van der Waals surface area (Å²) in [5.41, 5.74) is 8.70. The molecule has 6 rings (SSSR count). The maximum Gasteiger partial charge on any atom is 0.458 e. The molecule has 3 amide bonds. The molecule has 542 valence electrons. The Bertz CT molecular complexity index is 3420. The van der Waals surface area contributed by atoms with Gasteiger partial charge in [0.25, 0.3) is 0 Å². The summed E-state index contributed by atoms with van der Waals surface area (Å²) in [5.74, 6) is -6.16. The number of carbonyl (C=O) groups is 6. The van der Waals surface area contributed by atoms with Crippen LogP contribution in [0.5, 0.6) is 11.5 Å². The van der Waals surface area contributed by atoms with Gasteiger partial charge in [-0.15, -0.1) is 0 Å². The van der Waals surface area contributed by atoms with E-state index < -0.39 is 79.9 Å². The fourth-order valence-corrected chi connectivity index (χ4v) is 13.0. The van der Waals surface area contributed by atoms with Crippen LogP contribution < -0.4 is 30.3 Å². The van der Waals surface area contributed by atoms with Gasteiger partial charge in [-0.25, -0.2) is 26.4 Å². The lowest BCUT2D eigenvalue weighted by Gasteiger charge is -2.33. The molecule has 2 aliphatic heterocycles. The SMILES string of the molecule is COc1cc(C)c(S(=O)(=O)N(C)CCN(CC(=O)NCC2CCN(c3ccncc3)CC2)C(=O)OC(C)(C)C)c(C)c1.COc1cc(C)c(S(=O)(=O)N(C)CCN(CC(=O)O)C(=O)OC(C)(C)C)c(C)c1.NCC1CCN(c2ccncc2)CC1.O=C(C(=O)C(F)(F)F)C(F)(F)F. The molecule has 0 saturated carbocycles. The summed E-state index contributed by atoms with van der Waals surface area (Å²) in [5, 5.41) is 12.0. The van der Waals surface area contributed by atoms with Crippen molar-refractivity contribution in [3.63, 3.8) is 0 Å². The highest BCUT2D eigenvalue weighted by molar-refractivity contribution is 7.89. The molecule has 2 aromatic carbocycles. The van der Waals surface area contributed by atoms with Crippen LogP contribution in [0, 0.1) is 39.5 Å². The summed E-state index contributed by atoms with van der Waals surface area (Å²) in [6.45, 7) is 21.3. The Balaban J connectivity index is 0.000000380. The number of nitrogens with two attached hydrogens (primary N) is 1. The number of hydrogen-bond donors (Lipinski definition) is 3. The fraction of sp³-hybridized carbons (Fsp3) is 0.562. The molecule has 25 nitrogen and oxygen atoms in total. The first-order valence-electron chi connectivity index (χ1n) is 30.8. The zero-order valence-corrected chi connectivity index (χ0v) is 58.9. The Labute approximate surface area is 564 Å². The van der Waals surface area contributed by atoms with E-state index in [-0.39, 0.29) is 48.4 Å². The van der Waals surface area contributed by atoms with Crippen molar-refractivity contribution in [3.8, 4) is 11.5 Å². The van der Waals surface area contributed by atoms with E-state index in [1.165, 1.54) is 56.0 Å². The largest absolute Gasteiger partial charge is 0.497 e. The molecule has 0 bridgehead atoms. The maximum atomic E-state index is 13.5. The van der Waals surface area contributed by atoms with Gasteiger partial charge in [-0.3, -0.25) is 38.9 Å². The monoisotopic (exact) mass is 1420 g/mol. The van der Waals surface area contributed by atoms with Crippen LogP contribution in [0.3, 0.4) is 0 Å². The van der Waals surface area contributed by atoms with Gasteiger partial charge in [0.15, 0.2) is 0 Å². The van der Waals surface area contributed by atoms with E-state index in [0.29, 0.717) is 46.2 Å². The van der Waals surface area contributed by atoms with Crippen molar-refractivity contribution in [2.24, 2.45) is 17.6 Å². The highest BCUT2D eigenvalue weighted by Crippen LogP contribution is 2.31. The molecule has 4 heterocycles. The standard InChI is InChI=1S/C30H45N5O6S.C19H30N2O7S.C11H17N3.C4F6O2/c1-22-18-26(40-7)19-23(2)28(22)42(38,39)33(6)16-17-35(29(37)41-30(3,4)5)21-27(36)32-20-24-10-14-34(15-11-24)25-8-12-31-13-9-25;1-13-10-15(27-7)11-14(2)17(13)29(25,26)20(6)8-9-21(12-16(22)23)18(24)28-19(3,4)5;12-9-10-3-7-14(8-4-10)11-1-5-13-6-2-11;5-3(6,7)1(11)2(12)4(8,9)10/h8-9,12-13,18-19,24H,10-11,14-17,20-21H2,1-7H3,(H,32,36);10-11H,8-9,12H2,1-7H3,(H,22,23);1-2,5-6,10H,3-4,7-9,12H2;. The van der Waals surface area contributed by atoms with Crippen LogP contribution in [0.2, 0.25) is 0 Å². The number of carbonyl (C=O) groups excluding carboxylic acids is 5. The van der Waals surface area contributed by atoms with E-state index in [1.54, 1.807) is 106 Å². The Hall–Kier alpha value is -7.88. The number of nitrogens with one attached hydrogen (secondary N) is 1. The van der Waals surface area contributed by atoms with Crippen LogP contribution in [0.4, 0.5) is 47.3 Å². The van der Waals surface area contributed by atoms with Crippen LogP contribution in [0.25, 0.3) is 0 Å². The molecule has 4 aromatic rings. The van der Waals surface area contributed by atoms with Gasteiger partial charge in [0.1, 0.15) is 35.8 Å².